The summed E-state index contributed by atoms with van der Waals surface area (Å²) in [5, 5.41) is 9.53. The fourth-order valence-electron chi connectivity index (χ4n) is 2.32. The Kier molecular flexibility index (Phi) is 3.78. The van der Waals surface area contributed by atoms with Gasteiger partial charge in [-0.2, -0.15) is 0 Å². The van der Waals surface area contributed by atoms with Gasteiger partial charge in [-0.15, -0.1) is 0 Å². The van der Waals surface area contributed by atoms with E-state index in [0.717, 1.165) is 10.0 Å². The standard InChI is InChI=1S/C14H18BrNO2/c1-14(2,10-4-3-5-11(15)8-10)13(18)16-7-6-12(17)9-16/h3-5,8,12,17H,6-7,9H2,1-2H3/t12-/m1/s1. The SMILES string of the molecule is CC(C)(C(=O)N1CC[C@@H](O)C1)c1cccc(Br)c1. The lowest BCUT2D eigenvalue weighted by Gasteiger charge is -2.29. The van der Waals surface area contributed by atoms with Crippen LogP contribution in [-0.4, -0.2) is 35.1 Å². The summed E-state index contributed by atoms with van der Waals surface area (Å²) in [4.78, 5) is 14.3. The number of aliphatic hydroxyl groups is 1. The van der Waals surface area contributed by atoms with Gasteiger partial charge < -0.3 is 10.0 Å². The summed E-state index contributed by atoms with van der Waals surface area (Å²) in [7, 11) is 0. The van der Waals surface area contributed by atoms with E-state index in [9.17, 15) is 9.90 Å². The van der Waals surface area contributed by atoms with Crippen molar-refractivity contribution < 1.29 is 9.90 Å². The Morgan fingerprint density at radius 3 is 2.78 bits per heavy atom. The van der Waals surface area contributed by atoms with Gasteiger partial charge in [0.2, 0.25) is 5.91 Å². The molecular formula is C14H18BrNO2. The molecule has 0 saturated carbocycles. The normalized spacial score (nSPS) is 20.2. The highest BCUT2D eigenvalue weighted by Gasteiger charge is 2.36. The number of benzene rings is 1. The first-order valence-electron chi connectivity index (χ1n) is 6.15. The van der Waals surface area contributed by atoms with Crippen molar-refractivity contribution in [2.24, 2.45) is 0 Å². The lowest BCUT2D eigenvalue weighted by atomic mass is 9.83. The molecule has 0 spiro atoms. The lowest BCUT2D eigenvalue weighted by molar-refractivity contribution is -0.135. The Morgan fingerprint density at radius 2 is 2.22 bits per heavy atom. The number of rotatable bonds is 2. The molecule has 0 aliphatic carbocycles. The number of halogens is 1. The maximum Gasteiger partial charge on any atom is 0.232 e. The second-order valence-corrected chi connectivity index (χ2v) is 6.24. The molecule has 18 heavy (non-hydrogen) atoms. The first-order valence-corrected chi connectivity index (χ1v) is 6.94. The maximum atomic E-state index is 12.5. The van der Waals surface area contributed by atoms with Gasteiger partial charge in [0.1, 0.15) is 0 Å². The predicted molar refractivity (Wildman–Crippen MR) is 74.4 cm³/mol. The van der Waals surface area contributed by atoms with E-state index in [2.05, 4.69) is 15.9 Å². The molecule has 3 nitrogen and oxygen atoms in total. The summed E-state index contributed by atoms with van der Waals surface area (Å²) in [6, 6.07) is 7.83. The van der Waals surface area contributed by atoms with Crippen molar-refractivity contribution in [1.29, 1.82) is 0 Å². The molecule has 1 saturated heterocycles. The molecule has 1 heterocycles. The molecule has 0 bridgehead atoms. The van der Waals surface area contributed by atoms with Gasteiger partial charge in [-0.25, -0.2) is 0 Å². The van der Waals surface area contributed by atoms with Crippen LogP contribution in [-0.2, 0) is 10.2 Å². The molecule has 1 atom stereocenters. The van der Waals surface area contributed by atoms with Crippen molar-refractivity contribution in [1.82, 2.24) is 4.90 Å². The smallest absolute Gasteiger partial charge is 0.232 e. The van der Waals surface area contributed by atoms with Gasteiger partial charge >= 0.3 is 0 Å². The molecule has 1 aliphatic heterocycles. The monoisotopic (exact) mass is 311 g/mol. The number of hydrogen-bond acceptors (Lipinski definition) is 2. The van der Waals surface area contributed by atoms with E-state index < -0.39 is 5.41 Å². The zero-order chi connectivity index (χ0) is 13.3. The van der Waals surface area contributed by atoms with Crippen LogP contribution in [0.15, 0.2) is 28.7 Å². The van der Waals surface area contributed by atoms with E-state index in [1.807, 2.05) is 38.1 Å². The van der Waals surface area contributed by atoms with E-state index >= 15 is 0 Å². The average molecular weight is 312 g/mol. The van der Waals surface area contributed by atoms with Gasteiger partial charge in [0, 0.05) is 17.6 Å². The van der Waals surface area contributed by atoms with Crippen LogP contribution in [0.1, 0.15) is 25.8 Å². The number of β-amino-alcohol motifs (C(OH)–C–C–N with tert-alkyl or cyclic N) is 1. The van der Waals surface area contributed by atoms with Gasteiger partial charge in [-0.1, -0.05) is 28.1 Å². The summed E-state index contributed by atoms with van der Waals surface area (Å²) in [6.07, 6.45) is 0.313. The highest BCUT2D eigenvalue weighted by Crippen LogP contribution is 2.29. The largest absolute Gasteiger partial charge is 0.391 e. The minimum atomic E-state index is -0.562. The van der Waals surface area contributed by atoms with Gasteiger partial charge in [0.25, 0.3) is 0 Å². The molecule has 1 amide bonds. The van der Waals surface area contributed by atoms with E-state index in [1.54, 1.807) is 4.90 Å². The highest BCUT2D eigenvalue weighted by atomic mass is 79.9. The third-order valence-electron chi connectivity index (χ3n) is 3.53. The molecular weight excluding hydrogens is 294 g/mol. The summed E-state index contributed by atoms with van der Waals surface area (Å²) >= 11 is 3.43. The minimum Gasteiger partial charge on any atom is -0.391 e. The zero-order valence-electron chi connectivity index (χ0n) is 10.7. The van der Waals surface area contributed by atoms with Gasteiger partial charge in [0.05, 0.1) is 11.5 Å². The highest BCUT2D eigenvalue weighted by molar-refractivity contribution is 9.10. The van der Waals surface area contributed by atoms with Gasteiger partial charge in [0.15, 0.2) is 0 Å². The molecule has 1 aliphatic rings. The van der Waals surface area contributed by atoms with Crippen LogP contribution in [0.4, 0.5) is 0 Å². The van der Waals surface area contributed by atoms with E-state index in [1.165, 1.54) is 0 Å². The Balaban J connectivity index is 2.22. The summed E-state index contributed by atoms with van der Waals surface area (Å²) in [5.41, 5.74) is 0.427. The summed E-state index contributed by atoms with van der Waals surface area (Å²) in [5.74, 6) is 0.0807. The van der Waals surface area contributed by atoms with Crippen molar-refractivity contribution >= 4 is 21.8 Å². The van der Waals surface area contributed by atoms with Crippen molar-refractivity contribution in [2.45, 2.75) is 31.8 Å². The number of nitrogens with zero attached hydrogens (tertiary/aromatic N) is 1. The van der Waals surface area contributed by atoms with E-state index in [-0.39, 0.29) is 12.0 Å². The summed E-state index contributed by atoms with van der Waals surface area (Å²) < 4.78 is 0.974. The zero-order valence-corrected chi connectivity index (χ0v) is 12.3. The molecule has 4 heteroatoms. The molecule has 0 aromatic heterocycles. The van der Waals surface area contributed by atoms with Crippen LogP contribution in [0.25, 0.3) is 0 Å². The Labute approximate surface area is 116 Å². The van der Waals surface area contributed by atoms with Crippen LogP contribution in [0.5, 0.6) is 0 Å². The van der Waals surface area contributed by atoms with Crippen molar-refractivity contribution in [2.75, 3.05) is 13.1 Å². The molecule has 1 N–H and O–H groups in total. The topological polar surface area (TPSA) is 40.5 Å². The number of carbonyl (C=O) groups is 1. The van der Waals surface area contributed by atoms with Crippen LogP contribution in [0, 0.1) is 0 Å². The van der Waals surface area contributed by atoms with Crippen LogP contribution < -0.4 is 0 Å². The van der Waals surface area contributed by atoms with Crippen LogP contribution >= 0.6 is 15.9 Å². The minimum absolute atomic E-state index is 0.0807. The Hall–Kier alpha value is -0.870. The molecule has 98 valence electrons. The first kappa shape index (κ1) is 13.6. The Morgan fingerprint density at radius 1 is 1.50 bits per heavy atom. The molecule has 0 unspecified atom stereocenters. The van der Waals surface area contributed by atoms with E-state index in [4.69, 9.17) is 0 Å². The number of amides is 1. The lowest BCUT2D eigenvalue weighted by Crippen LogP contribution is -2.42. The van der Waals surface area contributed by atoms with Crippen LogP contribution in [0.3, 0.4) is 0 Å². The summed E-state index contributed by atoms with van der Waals surface area (Å²) in [6.45, 7) is 4.97. The van der Waals surface area contributed by atoms with Crippen molar-refractivity contribution in [3.8, 4) is 0 Å². The molecule has 1 aromatic rings. The van der Waals surface area contributed by atoms with Gasteiger partial charge in [-0.05, 0) is 38.0 Å². The van der Waals surface area contributed by atoms with Crippen LogP contribution in [0.2, 0.25) is 0 Å². The molecule has 0 radical (unpaired) electrons. The van der Waals surface area contributed by atoms with Crippen molar-refractivity contribution in [3.05, 3.63) is 34.3 Å². The maximum absolute atomic E-state index is 12.5. The predicted octanol–water partition coefficient (Wildman–Crippen LogP) is 2.32. The third-order valence-corrected chi connectivity index (χ3v) is 4.02. The second-order valence-electron chi connectivity index (χ2n) is 5.33. The van der Waals surface area contributed by atoms with Crippen molar-refractivity contribution in [3.63, 3.8) is 0 Å². The first-order chi connectivity index (χ1) is 8.41. The number of carbonyl (C=O) groups excluding carboxylic acids is 1. The molecule has 1 aromatic carbocycles. The quantitative estimate of drug-likeness (QED) is 0.910. The number of hydrogen-bond donors (Lipinski definition) is 1. The second kappa shape index (κ2) is 5.02. The number of likely N-dealkylation sites (tertiary alicyclic amines) is 1. The number of aliphatic hydroxyl groups excluding tert-OH is 1. The fourth-order valence-corrected chi connectivity index (χ4v) is 2.72. The van der Waals surface area contributed by atoms with E-state index in [0.29, 0.717) is 19.5 Å². The van der Waals surface area contributed by atoms with Gasteiger partial charge in [-0.3, -0.25) is 4.79 Å². The molecule has 2 rings (SSSR count). The third kappa shape index (κ3) is 2.59. The fraction of sp³-hybridized carbons (Fsp3) is 0.500. The Bertz CT molecular complexity index is 459. The average Bonchev–Trinajstić information content (AvgIpc) is 2.74. The molecule has 1 fully saturated rings.